The van der Waals surface area contributed by atoms with Gasteiger partial charge in [0.1, 0.15) is 10.7 Å². The maximum absolute atomic E-state index is 12.4. The minimum atomic E-state index is -0.632. The first kappa shape index (κ1) is 14.5. The Morgan fingerprint density at radius 1 is 1.23 bits per heavy atom. The van der Waals surface area contributed by atoms with Crippen molar-refractivity contribution >= 4 is 51.9 Å². The predicted molar refractivity (Wildman–Crippen MR) is 87.5 cm³/mol. The first-order valence-electron chi connectivity index (χ1n) is 6.13. The van der Waals surface area contributed by atoms with E-state index in [1.54, 1.807) is 12.1 Å². The van der Waals surface area contributed by atoms with Gasteiger partial charge in [-0.15, -0.1) is 0 Å². The summed E-state index contributed by atoms with van der Waals surface area (Å²) in [5, 5.41) is 10.6. The minimum absolute atomic E-state index is 0.236. The van der Waals surface area contributed by atoms with E-state index in [4.69, 9.17) is 16.6 Å². The second kappa shape index (κ2) is 5.74. The molecule has 1 aliphatic heterocycles. The smallest absolute Gasteiger partial charge is 0.401 e. The van der Waals surface area contributed by atoms with E-state index < -0.39 is 4.92 Å². The summed E-state index contributed by atoms with van der Waals surface area (Å²) in [4.78, 5) is 24.2. The van der Waals surface area contributed by atoms with E-state index in [1.807, 2.05) is 18.2 Å². The van der Waals surface area contributed by atoms with Gasteiger partial charge in [-0.05, 0) is 18.2 Å². The van der Waals surface area contributed by atoms with Crippen molar-refractivity contribution in [2.45, 2.75) is 0 Å². The number of nitrogens with zero attached hydrogens (tertiary/aromatic N) is 2. The first-order valence-corrected chi connectivity index (χ1v) is 7.36. The van der Waals surface area contributed by atoms with Crippen molar-refractivity contribution in [3.8, 4) is 0 Å². The Balaban J connectivity index is 1.90. The molecule has 0 atom stereocenters. The number of anilines is 1. The van der Waals surface area contributed by atoms with Crippen molar-refractivity contribution in [3.63, 3.8) is 0 Å². The summed E-state index contributed by atoms with van der Waals surface area (Å²) >= 11 is 6.36. The average Bonchev–Trinajstić information content (AvgIpc) is 3.06. The third kappa shape index (κ3) is 2.66. The van der Waals surface area contributed by atoms with Gasteiger partial charge in [0.2, 0.25) is 0 Å². The summed E-state index contributed by atoms with van der Waals surface area (Å²) < 4.78 is 5.43. The van der Waals surface area contributed by atoms with Gasteiger partial charge < -0.3 is 4.42 Å². The number of rotatable bonds is 3. The van der Waals surface area contributed by atoms with Crippen molar-refractivity contribution in [2.75, 3.05) is 4.90 Å². The standard InChI is InChI=1S/C14H8N2O4S2/c17-13-11(8-10-6-7-12(20-10)16(18)19)22-14(21)15(13)9-4-2-1-3-5-9/h1-8H/b11-8+. The molecular weight excluding hydrogens is 324 g/mol. The molecule has 1 amide bonds. The van der Waals surface area contributed by atoms with Crippen LogP contribution in [0.5, 0.6) is 0 Å². The van der Waals surface area contributed by atoms with E-state index in [0.29, 0.717) is 14.9 Å². The normalized spacial score (nSPS) is 16.5. The van der Waals surface area contributed by atoms with E-state index >= 15 is 0 Å². The molecule has 110 valence electrons. The van der Waals surface area contributed by atoms with Gasteiger partial charge in [0, 0.05) is 6.08 Å². The topological polar surface area (TPSA) is 76.6 Å². The molecule has 0 N–H and O–H groups in total. The van der Waals surface area contributed by atoms with Gasteiger partial charge in [-0.3, -0.25) is 19.8 Å². The molecule has 2 aromatic rings. The van der Waals surface area contributed by atoms with Crippen LogP contribution in [0.2, 0.25) is 0 Å². The summed E-state index contributed by atoms with van der Waals surface area (Å²) in [5.41, 5.74) is 0.679. The number of amides is 1. The highest BCUT2D eigenvalue weighted by molar-refractivity contribution is 8.27. The van der Waals surface area contributed by atoms with Crippen LogP contribution in [0.4, 0.5) is 11.6 Å². The molecule has 0 bridgehead atoms. The lowest BCUT2D eigenvalue weighted by Gasteiger charge is -2.13. The van der Waals surface area contributed by atoms with Crippen LogP contribution >= 0.6 is 24.0 Å². The summed E-state index contributed by atoms with van der Waals surface area (Å²) in [6, 6.07) is 11.7. The van der Waals surface area contributed by atoms with Crippen molar-refractivity contribution in [2.24, 2.45) is 0 Å². The Hall–Kier alpha value is -2.45. The highest BCUT2D eigenvalue weighted by Crippen LogP contribution is 2.36. The van der Waals surface area contributed by atoms with Crippen LogP contribution in [-0.4, -0.2) is 15.2 Å². The summed E-state index contributed by atoms with van der Waals surface area (Å²) in [5.74, 6) is -0.412. The maximum Gasteiger partial charge on any atom is 0.433 e. The van der Waals surface area contributed by atoms with Crippen LogP contribution in [0.25, 0.3) is 6.08 Å². The van der Waals surface area contributed by atoms with Crippen LogP contribution in [0, 0.1) is 10.1 Å². The molecule has 2 heterocycles. The molecule has 0 saturated carbocycles. The van der Waals surface area contributed by atoms with Gasteiger partial charge in [0.25, 0.3) is 5.91 Å². The van der Waals surface area contributed by atoms with Crippen LogP contribution in [0.15, 0.2) is 51.8 Å². The quantitative estimate of drug-likeness (QED) is 0.370. The second-order valence-electron chi connectivity index (χ2n) is 4.29. The highest BCUT2D eigenvalue weighted by atomic mass is 32.2. The van der Waals surface area contributed by atoms with Gasteiger partial charge in [-0.2, -0.15) is 0 Å². The molecule has 22 heavy (non-hydrogen) atoms. The Morgan fingerprint density at radius 2 is 1.95 bits per heavy atom. The van der Waals surface area contributed by atoms with Crippen molar-refractivity contribution in [3.05, 3.63) is 63.2 Å². The van der Waals surface area contributed by atoms with Crippen LogP contribution in [-0.2, 0) is 4.79 Å². The zero-order valence-corrected chi connectivity index (χ0v) is 12.6. The van der Waals surface area contributed by atoms with E-state index in [9.17, 15) is 14.9 Å². The molecule has 1 fully saturated rings. The number of nitro groups is 1. The molecule has 0 unspecified atom stereocenters. The third-order valence-corrected chi connectivity index (χ3v) is 4.18. The van der Waals surface area contributed by atoms with Crippen molar-refractivity contribution in [1.29, 1.82) is 0 Å². The fourth-order valence-corrected chi connectivity index (χ4v) is 3.19. The molecule has 6 nitrogen and oxygen atoms in total. The number of carbonyl (C=O) groups excluding carboxylic acids is 1. The molecule has 0 radical (unpaired) electrons. The molecule has 1 aliphatic rings. The maximum atomic E-state index is 12.4. The number of carbonyl (C=O) groups is 1. The first-order chi connectivity index (χ1) is 10.6. The van der Waals surface area contributed by atoms with Gasteiger partial charge >= 0.3 is 5.88 Å². The predicted octanol–water partition coefficient (Wildman–Crippen LogP) is 3.59. The lowest BCUT2D eigenvalue weighted by atomic mass is 10.3. The zero-order valence-electron chi connectivity index (χ0n) is 11.0. The van der Waals surface area contributed by atoms with Crippen molar-refractivity contribution in [1.82, 2.24) is 0 Å². The monoisotopic (exact) mass is 332 g/mol. The average molecular weight is 332 g/mol. The van der Waals surface area contributed by atoms with Gasteiger partial charge in [-0.25, -0.2) is 0 Å². The highest BCUT2D eigenvalue weighted by Gasteiger charge is 2.33. The van der Waals surface area contributed by atoms with E-state index in [0.717, 1.165) is 11.8 Å². The Morgan fingerprint density at radius 3 is 2.59 bits per heavy atom. The van der Waals surface area contributed by atoms with Crippen LogP contribution in [0.3, 0.4) is 0 Å². The van der Waals surface area contributed by atoms with E-state index in [2.05, 4.69) is 0 Å². The van der Waals surface area contributed by atoms with E-state index in [1.165, 1.54) is 23.1 Å². The summed E-state index contributed by atoms with van der Waals surface area (Å²) in [6.07, 6.45) is 1.45. The van der Waals surface area contributed by atoms with Gasteiger partial charge in [-0.1, -0.05) is 42.2 Å². The van der Waals surface area contributed by atoms with Gasteiger partial charge in [0.15, 0.2) is 4.32 Å². The number of thioether (sulfide) groups is 1. The van der Waals surface area contributed by atoms with Crippen molar-refractivity contribution < 1.29 is 14.1 Å². The van der Waals surface area contributed by atoms with E-state index in [-0.39, 0.29) is 17.6 Å². The summed E-state index contributed by atoms with van der Waals surface area (Å²) in [6.45, 7) is 0. The fraction of sp³-hybridized carbons (Fsp3) is 0. The summed E-state index contributed by atoms with van der Waals surface area (Å²) in [7, 11) is 0. The van der Waals surface area contributed by atoms with Crippen LogP contribution in [0.1, 0.15) is 5.76 Å². The largest absolute Gasteiger partial charge is 0.433 e. The zero-order chi connectivity index (χ0) is 15.7. The Bertz CT molecular complexity index is 798. The number of para-hydroxylation sites is 1. The number of hydrogen-bond acceptors (Lipinski definition) is 6. The minimum Gasteiger partial charge on any atom is -0.401 e. The molecule has 3 rings (SSSR count). The lowest BCUT2D eigenvalue weighted by molar-refractivity contribution is -0.402. The molecule has 8 heteroatoms. The van der Waals surface area contributed by atoms with Gasteiger partial charge in [0.05, 0.1) is 16.7 Å². The molecule has 1 aromatic carbocycles. The second-order valence-corrected chi connectivity index (χ2v) is 5.96. The van der Waals surface area contributed by atoms with Crippen LogP contribution < -0.4 is 4.90 Å². The SMILES string of the molecule is O=C1/C(=C\c2ccc([N+](=O)[O-])o2)SC(=S)N1c1ccccc1. The molecule has 0 aliphatic carbocycles. The molecule has 1 aromatic heterocycles. The number of thiocarbonyl (C=S) groups is 1. The fourth-order valence-electron chi connectivity index (χ4n) is 1.91. The Labute approximate surface area is 134 Å². The molecule has 0 spiro atoms. The molecular formula is C14H8N2O4S2. The lowest BCUT2D eigenvalue weighted by Crippen LogP contribution is -2.27. The number of furan rings is 1. The third-order valence-electron chi connectivity index (χ3n) is 2.87. The number of benzene rings is 1. The molecule has 1 saturated heterocycles. The Kier molecular flexibility index (Phi) is 3.78. The number of hydrogen-bond donors (Lipinski definition) is 0.